The van der Waals surface area contributed by atoms with E-state index in [0.717, 1.165) is 17.1 Å². The lowest BCUT2D eigenvalue weighted by molar-refractivity contribution is -0.117. The molecule has 0 aliphatic rings. The van der Waals surface area contributed by atoms with Crippen LogP contribution in [0.2, 0.25) is 0 Å². The number of nitrogens with zero attached hydrogens (tertiary/aromatic N) is 3. The standard InChI is InChI=1S/C10H10N4OS/c1-7(8-3-2-4-11-5-8)10(15)13-9-6-12-14-16-9/h2-7H,1H3,(H,13,15). The van der Waals surface area contributed by atoms with Gasteiger partial charge in [-0.1, -0.05) is 10.6 Å². The van der Waals surface area contributed by atoms with Gasteiger partial charge in [-0.15, -0.1) is 5.10 Å². The molecule has 0 saturated heterocycles. The maximum atomic E-state index is 11.8. The molecular formula is C10H10N4OS. The third-order valence-corrected chi connectivity index (χ3v) is 2.77. The summed E-state index contributed by atoms with van der Waals surface area (Å²) in [7, 11) is 0. The number of carbonyl (C=O) groups is 1. The Bertz CT molecular complexity index is 457. The molecule has 0 fully saturated rings. The van der Waals surface area contributed by atoms with Crippen LogP contribution >= 0.6 is 11.5 Å². The molecule has 2 aromatic rings. The zero-order valence-corrected chi connectivity index (χ0v) is 9.44. The normalized spacial score (nSPS) is 12.1. The summed E-state index contributed by atoms with van der Waals surface area (Å²) in [6.45, 7) is 1.83. The zero-order chi connectivity index (χ0) is 11.4. The van der Waals surface area contributed by atoms with Crippen molar-refractivity contribution in [1.29, 1.82) is 0 Å². The van der Waals surface area contributed by atoms with E-state index in [1.807, 2.05) is 19.1 Å². The Hall–Kier alpha value is -1.82. The van der Waals surface area contributed by atoms with Gasteiger partial charge in [-0.2, -0.15) is 0 Å². The molecule has 16 heavy (non-hydrogen) atoms. The molecule has 1 atom stereocenters. The molecule has 0 saturated carbocycles. The first-order valence-corrected chi connectivity index (χ1v) is 5.53. The van der Waals surface area contributed by atoms with Crippen LogP contribution in [-0.2, 0) is 4.79 Å². The van der Waals surface area contributed by atoms with E-state index in [1.165, 1.54) is 6.20 Å². The Morgan fingerprint density at radius 1 is 1.50 bits per heavy atom. The lowest BCUT2D eigenvalue weighted by Crippen LogP contribution is -2.18. The number of hydrogen-bond donors (Lipinski definition) is 1. The van der Waals surface area contributed by atoms with Crippen molar-refractivity contribution in [3.8, 4) is 0 Å². The quantitative estimate of drug-likeness (QED) is 0.877. The van der Waals surface area contributed by atoms with E-state index >= 15 is 0 Å². The fourth-order valence-corrected chi connectivity index (χ4v) is 1.66. The van der Waals surface area contributed by atoms with Crippen LogP contribution in [0.4, 0.5) is 5.00 Å². The van der Waals surface area contributed by atoms with Crippen LogP contribution in [0.15, 0.2) is 30.7 Å². The number of amides is 1. The summed E-state index contributed by atoms with van der Waals surface area (Å²) in [6.07, 6.45) is 4.90. The van der Waals surface area contributed by atoms with Gasteiger partial charge < -0.3 is 5.32 Å². The maximum Gasteiger partial charge on any atom is 0.232 e. The number of rotatable bonds is 3. The fraction of sp³-hybridized carbons (Fsp3) is 0.200. The van der Waals surface area contributed by atoms with E-state index in [9.17, 15) is 4.79 Å². The smallest absolute Gasteiger partial charge is 0.232 e. The van der Waals surface area contributed by atoms with E-state index in [1.54, 1.807) is 12.4 Å². The van der Waals surface area contributed by atoms with Crippen LogP contribution < -0.4 is 5.32 Å². The Labute approximate surface area is 96.7 Å². The molecule has 6 heteroatoms. The summed E-state index contributed by atoms with van der Waals surface area (Å²) in [6, 6.07) is 3.69. The average molecular weight is 234 g/mol. The molecule has 1 amide bonds. The molecular weight excluding hydrogens is 224 g/mol. The molecule has 2 aromatic heterocycles. The van der Waals surface area contributed by atoms with E-state index in [0.29, 0.717) is 5.00 Å². The van der Waals surface area contributed by atoms with Gasteiger partial charge in [0.25, 0.3) is 0 Å². The molecule has 1 unspecified atom stereocenters. The molecule has 1 N–H and O–H groups in total. The van der Waals surface area contributed by atoms with Crippen LogP contribution in [-0.4, -0.2) is 20.5 Å². The summed E-state index contributed by atoms with van der Waals surface area (Å²) >= 11 is 1.16. The van der Waals surface area contributed by atoms with Crippen molar-refractivity contribution in [2.75, 3.05) is 5.32 Å². The molecule has 2 heterocycles. The van der Waals surface area contributed by atoms with E-state index < -0.39 is 0 Å². The first-order valence-electron chi connectivity index (χ1n) is 4.75. The second kappa shape index (κ2) is 4.80. The molecule has 0 spiro atoms. The van der Waals surface area contributed by atoms with Crippen molar-refractivity contribution in [3.63, 3.8) is 0 Å². The van der Waals surface area contributed by atoms with Gasteiger partial charge in [0.05, 0.1) is 12.1 Å². The van der Waals surface area contributed by atoms with Gasteiger partial charge in [0.2, 0.25) is 5.91 Å². The van der Waals surface area contributed by atoms with Gasteiger partial charge in [0.1, 0.15) is 5.00 Å². The second-order valence-corrected chi connectivity index (χ2v) is 4.06. The van der Waals surface area contributed by atoms with E-state index in [-0.39, 0.29) is 11.8 Å². The van der Waals surface area contributed by atoms with Crippen LogP contribution in [0.25, 0.3) is 0 Å². The highest BCUT2D eigenvalue weighted by atomic mass is 32.1. The van der Waals surface area contributed by atoms with Crippen molar-refractivity contribution >= 4 is 22.4 Å². The van der Waals surface area contributed by atoms with E-state index in [2.05, 4.69) is 19.9 Å². The predicted octanol–water partition coefficient (Wildman–Crippen LogP) is 1.68. The highest BCUT2D eigenvalue weighted by Gasteiger charge is 2.15. The number of nitrogens with one attached hydrogen (secondary N) is 1. The third-order valence-electron chi connectivity index (χ3n) is 2.19. The summed E-state index contributed by atoms with van der Waals surface area (Å²) in [5, 5.41) is 7.05. The first-order chi connectivity index (χ1) is 7.77. The number of pyridine rings is 1. The minimum atomic E-state index is -0.240. The summed E-state index contributed by atoms with van der Waals surface area (Å²) in [5.41, 5.74) is 0.887. The predicted molar refractivity (Wildman–Crippen MR) is 61.2 cm³/mol. The minimum Gasteiger partial charge on any atom is -0.315 e. The van der Waals surface area contributed by atoms with E-state index in [4.69, 9.17) is 0 Å². The monoisotopic (exact) mass is 234 g/mol. The zero-order valence-electron chi connectivity index (χ0n) is 8.62. The number of hydrogen-bond acceptors (Lipinski definition) is 5. The SMILES string of the molecule is CC(C(=O)Nc1cnns1)c1cccnc1. The molecule has 0 radical (unpaired) electrons. The molecule has 5 nitrogen and oxygen atoms in total. The van der Waals surface area contributed by atoms with Gasteiger partial charge in [-0.05, 0) is 18.6 Å². The summed E-state index contributed by atoms with van der Waals surface area (Å²) in [5.74, 6) is -0.324. The highest BCUT2D eigenvalue weighted by Crippen LogP contribution is 2.17. The Kier molecular flexibility index (Phi) is 3.21. The first kappa shape index (κ1) is 10.7. The second-order valence-electron chi connectivity index (χ2n) is 3.28. The van der Waals surface area contributed by atoms with Crippen molar-refractivity contribution < 1.29 is 4.79 Å². The number of anilines is 1. The molecule has 0 bridgehead atoms. The van der Waals surface area contributed by atoms with Crippen molar-refractivity contribution in [2.45, 2.75) is 12.8 Å². The van der Waals surface area contributed by atoms with Crippen molar-refractivity contribution in [1.82, 2.24) is 14.6 Å². The summed E-state index contributed by atoms with van der Waals surface area (Å²) in [4.78, 5) is 15.8. The van der Waals surface area contributed by atoms with Gasteiger partial charge in [-0.3, -0.25) is 9.78 Å². The average Bonchev–Trinajstić information content (AvgIpc) is 2.82. The molecule has 82 valence electrons. The third kappa shape index (κ3) is 2.40. The summed E-state index contributed by atoms with van der Waals surface area (Å²) < 4.78 is 3.67. The van der Waals surface area contributed by atoms with Crippen LogP contribution in [0.1, 0.15) is 18.4 Å². The molecule has 0 aliphatic heterocycles. The van der Waals surface area contributed by atoms with Gasteiger partial charge in [0.15, 0.2) is 0 Å². The lowest BCUT2D eigenvalue weighted by atomic mass is 10.0. The molecule has 2 rings (SSSR count). The Morgan fingerprint density at radius 2 is 2.38 bits per heavy atom. The minimum absolute atomic E-state index is 0.0842. The van der Waals surface area contributed by atoms with Crippen LogP contribution in [0.5, 0.6) is 0 Å². The van der Waals surface area contributed by atoms with Gasteiger partial charge in [0, 0.05) is 23.9 Å². The number of aromatic nitrogens is 3. The van der Waals surface area contributed by atoms with Crippen molar-refractivity contribution in [2.24, 2.45) is 0 Å². The fourth-order valence-electron chi connectivity index (χ4n) is 1.24. The molecule has 0 aromatic carbocycles. The van der Waals surface area contributed by atoms with Gasteiger partial charge in [-0.25, -0.2) is 0 Å². The van der Waals surface area contributed by atoms with Gasteiger partial charge >= 0.3 is 0 Å². The molecule has 0 aliphatic carbocycles. The van der Waals surface area contributed by atoms with Crippen LogP contribution in [0, 0.1) is 0 Å². The Balaban J connectivity index is 2.05. The largest absolute Gasteiger partial charge is 0.315 e. The van der Waals surface area contributed by atoms with Crippen LogP contribution in [0.3, 0.4) is 0 Å². The topological polar surface area (TPSA) is 67.8 Å². The highest BCUT2D eigenvalue weighted by molar-refractivity contribution is 7.10. The Morgan fingerprint density at radius 3 is 3.00 bits per heavy atom. The lowest BCUT2D eigenvalue weighted by Gasteiger charge is -2.09. The maximum absolute atomic E-state index is 11.8. The number of carbonyl (C=O) groups excluding carboxylic acids is 1. The van der Waals surface area contributed by atoms with Crippen molar-refractivity contribution in [3.05, 3.63) is 36.3 Å².